The molecule has 1 N–H and O–H groups in total. The summed E-state index contributed by atoms with van der Waals surface area (Å²) in [5.74, 6) is 1.03. The van der Waals surface area contributed by atoms with E-state index in [9.17, 15) is 4.79 Å². The van der Waals surface area contributed by atoms with Crippen molar-refractivity contribution >= 4 is 11.6 Å². The molecule has 0 spiro atoms. The first-order chi connectivity index (χ1) is 12.7. The highest BCUT2D eigenvalue weighted by atomic mass is 16.2. The Kier molecular flexibility index (Phi) is 3.57. The van der Waals surface area contributed by atoms with E-state index in [0.29, 0.717) is 17.5 Å². The molecule has 3 aromatic rings. The maximum absolute atomic E-state index is 13.4. The van der Waals surface area contributed by atoms with Gasteiger partial charge in [0.1, 0.15) is 11.3 Å². The zero-order valence-corrected chi connectivity index (χ0v) is 14.8. The second-order valence-corrected chi connectivity index (χ2v) is 7.44. The number of amides is 1. The van der Waals surface area contributed by atoms with E-state index in [0.717, 1.165) is 30.8 Å². The third-order valence-electron chi connectivity index (χ3n) is 5.86. The average Bonchev–Trinajstić information content (AvgIpc) is 3.36. The van der Waals surface area contributed by atoms with Crippen LogP contribution < -0.4 is 5.32 Å². The monoisotopic (exact) mass is 346 g/mol. The van der Waals surface area contributed by atoms with Crippen molar-refractivity contribution in [1.29, 1.82) is 0 Å². The van der Waals surface area contributed by atoms with E-state index in [-0.39, 0.29) is 11.9 Å². The Morgan fingerprint density at radius 3 is 2.81 bits per heavy atom. The molecule has 2 aliphatic rings. The van der Waals surface area contributed by atoms with Crippen molar-refractivity contribution in [3.05, 3.63) is 71.7 Å². The van der Waals surface area contributed by atoms with Crippen LogP contribution >= 0.6 is 0 Å². The third-order valence-corrected chi connectivity index (χ3v) is 5.86. The predicted molar refractivity (Wildman–Crippen MR) is 100.0 cm³/mol. The average molecular weight is 346 g/mol. The molecule has 2 fully saturated rings. The fraction of sp³-hybridized carbons (Fsp3) is 0.333. The van der Waals surface area contributed by atoms with Gasteiger partial charge in [0.25, 0.3) is 5.91 Å². The van der Waals surface area contributed by atoms with Gasteiger partial charge in [0, 0.05) is 37.9 Å². The molecule has 2 saturated heterocycles. The number of benzene rings is 1. The summed E-state index contributed by atoms with van der Waals surface area (Å²) < 4.78 is 1.94. The molecule has 5 rings (SSSR count). The van der Waals surface area contributed by atoms with Gasteiger partial charge >= 0.3 is 0 Å². The number of nitrogens with zero attached hydrogens (tertiary/aromatic N) is 3. The molecule has 2 aliphatic heterocycles. The van der Waals surface area contributed by atoms with Gasteiger partial charge in [0.15, 0.2) is 0 Å². The number of pyridine rings is 1. The second-order valence-electron chi connectivity index (χ2n) is 7.44. The van der Waals surface area contributed by atoms with Crippen molar-refractivity contribution in [2.24, 2.45) is 11.8 Å². The minimum Gasteiger partial charge on any atom is -0.330 e. The van der Waals surface area contributed by atoms with Gasteiger partial charge in [-0.3, -0.25) is 4.79 Å². The minimum absolute atomic E-state index is 0.0383. The summed E-state index contributed by atoms with van der Waals surface area (Å²) in [6, 6.07) is 14.5. The fourth-order valence-corrected chi connectivity index (χ4v) is 4.61. The maximum Gasteiger partial charge on any atom is 0.274 e. The van der Waals surface area contributed by atoms with Gasteiger partial charge in [0.2, 0.25) is 0 Å². The molecule has 1 aromatic carbocycles. The summed E-state index contributed by atoms with van der Waals surface area (Å²) >= 11 is 0. The number of imidazole rings is 1. The van der Waals surface area contributed by atoms with E-state index in [1.807, 2.05) is 46.8 Å². The Balaban J connectivity index is 1.54. The van der Waals surface area contributed by atoms with Crippen LogP contribution in [0.4, 0.5) is 0 Å². The van der Waals surface area contributed by atoms with E-state index in [4.69, 9.17) is 0 Å². The Morgan fingerprint density at radius 2 is 2.00 bits per heavy atom. The largest absolute Gasteiger partial charge is 0.330 e. The highest BCUT2D eigenvalue weighted by Gasteiger charge is 2.47. The fourth-order valence-electron chi connectivity index (χ4n) is 4.61. The normalized spacial score (nSPS) is 25.0. The molecule has 0 bridgehead atoms. The van der Waals surface area contributed by atoms with Gasteiger partial charge < -0.3 is 14.6 Å². The second kappa shape index (κ2) is 5.95. The third kappa shape index (κ3) is 2.35. The van der Waals surface area contributed by atoms with Gasteiger partial charge in [-0.1, -0.05) is 36.4 Å². The summed E-state index contributed by atoms with van der Waals surface area (Å²) in [7, 11) is 0. The lowest BCUT2D eigenvalue weighted by Crippen LogP contribution is -2.34. The Labute approximate surface area is 152 Å². The highest BCUT2D eigenvalue weighted by Crippen LogP contribution is 2.43. The number of rotatable bonds is 2. The van der Waals surface area contributed by atoms with Crippen LogP contribution in [0.5, 0.6) is 0 Å². The molecular weight excluding hydrogens is 324 g/mol. The molecule has 0 radical (unpaired) electrons. The van der Waals surface area contributed by atoms with Crippen molar-refractivity contribution in [1.82, 2.24) is 19.6 Å². The lowest BCUT2D eigenvalue weighted by atomic mass is 9.89. The van der Waals surface area contributed by atoms with E-state index in [1.54, 1.807) is 0 Å². The number of nitrogens with one attached hydrogen (secondary N) is 1. The molecule has 3 atom stereocenters. The maximum atomic E-state index is 13.4. The molecule has 2 aromatic heterocycles. The van der Waals surface area contributed by atoms with E-state index < -0.39 is 0 Å². The van der Waals surface area contributed by atoms with Crippen molar-refractivity contribution in [2.45, 2.75) is 13.0 Å². The molecule has 0 saturated carbocycles. The molecule has 0 aliphatic carbocycles. The summed E-state index contributed by atoms with van der Waals surface area (Å²) in [6.45, 7) is 4.78. The zero-order valence-electron chi connectivity index (χ0n) is 14.8. The van der Waals surface area contributed by atoms with Crippen LogP contribution in [0, 0.1) is 18.8 Å². The van der Waals surface area contributed by atoms with Gasteiger partial charge in [-0.15, -0.1) is 0 Å². The molecule has 0 unspecified atom stereocenters. The molecular formula is C21H22N4O. The number of aromatic nitrogens is 2. The van der Waals surface area contributed by atoms with Crippen LogP contribution in [0.2, 0.25) is 0 Å². The summed E-state index contributed by atoms with van der Waals surface area (Å²) in [4.78, 5) is 20.1. The lowest BCUT2D eigenvalue weighted by Gasteiger charge is -2.27. The Bertz CT molecular complexity index is 965. The van der Waals surface area contributed by atoms with E-state index in [2.05, 4.69) is 34.6 Å². The molecule has 4 heterocycles. The number of hydrogen-bond acceptors (Lipinski definition) is 3. The standard InChI is InChI=1S/C21H22N4O/c1-14-6-5-9-24-13-18(23-20(14)24)21(26)25-12-16-10-22-11-17(16)19(25)15-7-3-2-4-8-15/h2-9,13,16-17,19,22H,10-12H2,1H3/t16-,17-,19-/m0/s1. The number of fused-ring (bicyclic) bond motifs is 2. The zero-order chi connectivity index (χ0) is 17.7. The Morgan fingerprint density at radius 1 is 1.15 bits per heavy atom. The van der Waals surface area contributed by atoms with Gasteiger partial charge in [0.05, 0.1) is 6.04 Å². The first-order valence-corrected chi connectivity index (χ1v) is 9.23. The molecule has 5 nitrogen and oxygen atoms in total. The number of carbonyl (C=O) groups excluding carboxylic acids is 1. The molecule has 132 valence electrons. The summed E-state index contributed by atoms with van der Waals surface area (Å²) in [6.07, 6.45) is 3.81. The predicted octanol–water partition coefficient (Wildman–Crippen LogP) is 2.68. The highest BCUT2D eigenvalue weighted by molar-refractivity contribution is 5.93. The van der Waals surface area contributed by atoms with Crippen molar-refractivity contribution in [2.75, 3.05) is 19.6 Å². The van der Waals surface area contributed by atoms with Crippen molar-refractivity contribution in [3.63, 3.8) is 0 Å². The minimum atomic E-state index is 0.0383. The van der Waals surface area contributed by atoms with Crippen LogP contribution in [0.3, 0.4) is 0 Å². The van der Waals surface area contributed by atoms with Crippen LogP contribution in [-0.4, -0.2) is 39.8 Å². The van der Waals surface area contributed by atoms with E-state index >= 15 is 0 Å². The quantitative estimate of drug-likeness (QED) is 0.776. The van der Waals surface area contributed by atoms with Crippen molar-refractivity contribution in [3.8, 4) is 0 Å². The summed E-state index contributed by atoms with van der Waals surface area (Å²) in [5, 5.41) is 3.49. The Hall–Kier alpha value is -2.66. The van der Waals surface area contributed by atoms with Gasteiger partial charge in [-0.2, -0.15) is 0 Å². The van der Waals surface area contributed by atoms with Crippen LogP contribution in [0.15, 0.2) is 54.9 Å². The smallest absolute Gasteiger partial charge is 0.274 e. The summed E-state index contributed by atoms with van der Waals surface area (Å²) in [5.41, 5.74) is 3.69. The molecule has 1 amide bonds. The number of carbonyl (C=O) groups is 1. The SMILES string of the molecule is Cc1cccn2cc(C(=O)N3C[C@@H]4CNC[C@@H]4[C@@H]3c3ccccc3)nc12. The molecule has 5 heteroatoms. The van der Waals surface area contributed by atoms with Crippen LogP contribution in [-0.2, 0) is 0 Å². The van der Waals surface area contributed by atoms with Gasteiger partial charge in [-0.05, 0) is 30.0 Å². The van der Waals surface area contributed by atoms with Crippen LogP contribution in [0.1, 0.15) is 27.7 Å². The molecule has 26 heavy (non-hydrogen) atoms. The number of hydrogen-bond donors (Lipinski definition) is 1. The topological polar surface area (TPSA) is 49.6 Å². The number of aryl methyl sites for hydroxylation is 1. The van der Waals surface area contributed by atoms with Crippen molar-refractivity contribution < 1.29 is 4.79 Å². The first-order valence-electron chi connectivity index (χ1n) is 9.23. The van der Waals surface area contributed by atoms with E-state index in [1.165, 1.54) is 5.56 Å². The number of likely N-dealkylation sites (tertiary alicyclic amines) is 1. The van der Waals surface area contributed by atoms with Crippen LogP contribution in [0.25, 0.3) is 5.65 Å². The van der Waals surface area contributed by atoms with Gasteiger partial charge in [-0.25, -0.2) is 4.98 Å². The first kappa shape index (κ1) is 15.6. The lowest BCUT2D eigenvalue weighted by molar-refractivity contribution is 0.0709.